The van der Waals surface area contributed by atoms with Gasteiger partial charge in [-0.1, -0.05) is 10.6 Å². The lowest BCUT2D eigenvalue weighted by molar-refractivity contribution is 0.194. The third-order valence-corrected chi connectivity index (χ3v) is 7.44. The highest BCUT2D eigenvalue weighted by molar-refractivity contribution is 7.92. The van der Waals surface area contributed by atoms with Crippen molar-refractivity contribution in [2.45, 2.75) is 29.5 Å². The van der Waals surface area contributed by atoms with Crippen LogP contribution in [0.2, 0.25) is 0 Å². The fourth-order valence-corrected chi connectivity index (χ4v) is 5.38. The number of hydrogen-bond donors (Lipinski definition) is 0. The molecule has 0 aliphatic carbocycles. The average molecular weight is 428 g/mol. The molecule has 0 spiro atoms. The van der Waals surface area contributed by atoms with Crippen LogP contribution >= 0.6 is 11.5 Å². The Hall–Kier alpha value is -1.91. The number of nitrogens with zero attached hydrogens (tertiary/aromatic N) is 3. The van der Waals surface area contributed by atoms with Crippen molar-refractivity contribution in [3.05, 3.63) is 23.4 Å². The molecule has 0 N–H and O–H groups in total. The number of sulfone groups is 1. The standard InChI is InChI=1S/C18H25N3O5S2/c1-24-14-8-7-13(16(25-2)17(14)26-3)11-21-9-5-6-12(10-21)15-18(27-20-19-15)28(4,22)23/h7-8,12H,5-6,9-11H2,1-4H3. The molecule has 3 rings (SSSR count). The third kappa shape index (κ3) is 4.23. The Labute approximate surface area is 169 Å². The maximum Gasteiger partial charge on any atom is 0.203 e. The number of methoxy groups -OCH3 is 3. The lowest BCUT2D eigenvalue weighted by Crippen LogP contribution is -2.34. The van der Waals surface area contributed by atoms with Crippen molar-refractivity contribution in [3.63, 3.8) is 0 Å². The second kappa shape index (κ2) is 8.62. The zero-order valence-electron chi connectivity index (χ0n) is 16.5. The van der Waals surface area contributed by atoms with Gasteiger partial charge in [0.15, 0.2) is 25.5 Å². The third-order valence-electron chi connectivity index (χ3n) is 4.89. The van der Waals surface area contributed by atoms with Crippen molar-refractivity contribution in [1.82, 2.24) is 14.5 Å². The van der Waals surface area contributed by atoms with Crippen molar-refractivity contribution in [1.29, 1.82) is 0 Å². The Morgan fingerprint density at radius 2 is 1.93 bits per heavy atom. The molecule has 0 amide bonds. The van der Waals surface area contributed by atoms with E-state index >= 15 is 0 Å². The molecule has 0 saturated carbocycles. The summed E-state index contributed by atoms with van der Waals surface area (Å²) in [4.78, 5) is 2.28. The van der Waals surface area contributed by atoms with Crippen molar-refractivity contribution >= 4 is 21.4 Å². The molecule has 2 heterocycles. The van der Waals surface area contributed by atoms with E-state index < -0.39 is 9.84 Å². The minimum absolute atomic E-state index is 0.0448. The number of piperidine rings is 1. The molecule has 2 aromatic rings. The van der Waals surface area contributed by atoms with E-state index in [1.165, 1.54) is 6.26 Å². The van der Waals surface area contributed by atoms with Crippen LogP contribution in [0.25, 0.3) is 0 Å². The lowest BCUT2D eigenvalue weighted by atomic mass is 9.95. The van der Waals surface area contributed by atoms with E-state index in [9.17, 15) is 8.42 Å². The summed E-state index contributed by atoms with van der Waals surface area (Å²) in [5, 5.41) is 4.13. The van der Waals surface area contributed by atoms with E-state index in [-0.39, 0.29) is 10.1 Å². The minimum atomic E-state index is -3.32. The van der Waals surface area contributed by atoms with Gasteiger partial charge in [-0.05, 0) is 25.5 Å². The topological polar surface area (TPSA) is 90.9 Å². The summed E-state index contributed by atoms with van der Waals surface area (Å²) in [5.74, 6) is 1.88. The highest BCUT2D eigenvalue weighted by Gasteiger charge is 2.30. The largest absolute Gasteiger partial charge is 0.493 e. The Balaban J connectivity index is 1.82. The highest BCUT2D eigenvalue weighted by Crippen LogP contribution is 2.41. The van der Waals surface area contributed by atoms with Gasteiger partial charge in [-0.15, -0.1) is 5.10 Å². The van der Waals surface area contributed by atoms with Crippen LogP contribution in [0.3, 0.4) is 0 Å². The first-order valence-electron chi connectivity index (χ1n) is 8.91. The molecule has 1 fully saturated rings. The number of hydrogen-bond acceptors (Lipinski definition) is 9. The molecule has 1 saturated heterocycles. The zero-order chi connectivity index (χ0) is 20.3. The molecular weight excluding hydrogens is 402 g/mol. The monoisotopic (exact) mass is 427 g/mol. The number of aromatic nitrogens is 2. The number of rotatable bonds is 7. The minimum Gasteiger partial charge on any atom is -0.493 e. The Bertz CT molecular complexity index is 929. The number of benzene rings is 1. The van der Waals surface area contributed by atoms with Gasteiger partial charge in [0.2, 0.25) is 5.75 Å². The van der Waals surface area contributed by atoms with Crippen LogP contribution in [0.5, 0.6) is 17.2 Å². The van der Waals surface area contributed by atoms with Crippen molar-refractivity contribution in [2.75, 3.05) is 40.7 Å². The van der Waals surface area contributed by atoms with Gasteiger partial charge in [0.05, 0.1) is 27.0 Å². The summed E-state index contributed by atoms with van der Waals surface area (Å²) < 4.78 is 44.6. The van der Waals surface area contributed by atoms with Crippen LogP contribution in [-0.4, -0.2) is 63.6 Å². The van der Waals surface area contributed by atoms with Gasteiger partial charge < -0.3 is 14.2 Å². The van der Waals surface area contributed by atoms with Crippen molar-refractivity contribution in [3.8, 4) is 17.2 Å². The SMILES string of the molecule is COc1ccc(CN2CCCC(c3nnsc3S(C)(=O)=O)C2)c(OC)c1OC. The second-order valence-electron chi connectivity index (χ2n) is 6.79. The van der Waals surface area contributed by atoms with Gasteiger partial charge in [-0.3, -0.25) is 4.90 Å². The van der Waals surface area contributed by atoms with Gasteiger partial charge >= 0.3 is 0 Å². The predicted molar refractivity (Wildman–Crippen MR) is 106 cm³/mol. The van der Waals surface area contributed by atoms with Crippen LogP contribution < -0.4 is 14.2 Å². The summed E-state index contributed by atoms with van der Waals surface area (Å²) in [6.45, 7) is 2.29. The maximum absolute atomic E-state index is 12.0. The number of likely N-dealkylation sites (tertiary alicyclic amines) is 1. The Kier molecular flexibility index (Phi) is 6.41. The van der Waals surface area contributed by atoms with Crippen LogP contribution in [0.1, 0.15) is 30.0 Å². The summed E-state index contributed by atoms with van der Waals surface area (Å²) in [6.07, 6.45) is 3.06. The molecule has 1 aliphatic rings. The summed E-state index contributed by atoms with van der Waals surface area (Å²) >= 11 is 0.952. The molecule has 1 aromatic heterocycles. The Morgan fingerprint density at radius 1 is 1.18 bits per heavy atom. The molecular formula is C18H25N3O5S2. The van der Waals surface area contributed by atoms with Crippen molar-refractivity contribution in [2.24, 2.45) is 0 Å². The fraction of sp³-hybridized carbons (Fsp3) is 0.556. The molecule has 10 heteroatoms. The summed E-state index contributed by atoms with van der Waals surface area (Å²) in [6, 6.07) is 3.83. The maximum atomic E-state index is 12.0. The van der Waals surface area contributed by atoms with E-state index in [2.05, 4.69) is 14.5 Å². The fourth-order valence-electron chi connectivity index (χ4n) is 3.65. The van der Waals surface area contributed by atoms with E-state index in [0.717, 1.165) is 36.5 Å². The Morgan fingerprint density at radius 3 is 2.57 bits per heavy atom. The van der Waals surface area contributed by atoms with E-state index in [4.69, 9.17) is 14.2 Å². The average Bonchev–Trinajstić information content (AvgIpc) is 3.18. The van der Waals surface area contributed by atoms with Gasteiger partial charge in [0, 0.05) is 42.4 Å². The van der Waals surface area contributed by atoms with Gasteiger partial charge in [0.1, 0.15) is 0 Å². The van der Waals surface area contributed by atoms with Gasteiger partial charge in [-0.2, -0.15) is 0 Å². The summed E-state index contributed by atoms with van der Waals surface area (Å²) in [7, 11) is 1.47. The molecule has 0 bridgehead atoms. The quantitative estimate of drug-likeness (QED) is 0.665. The molecule has 0 radical (unpaired) electrons. The second-order valence-corrected chi connectivity index (χ2v) is 9.75. The molecule has 28 heavy (non-hydrogen) atoms. The van der Waals surface area contributed by atoms with E-state index in [1.807, 2.05) is 12.1 Å². The first-order chi connectivity index (χ1) is 13.4. The molecule has 1 aromatic carbocycles. The van der Waals surface area contributed by atoms with Crippen LogP contribution in [0.15, 0.2) is 16.3 Å². The number of ether oxygens (including phenoxy) is 3. The zero-order valence-corrected chi connectivity index (χ0v) is 18.1. The predicted octanol–water partition coefficient (Wildman–Crippen LogP) is 2.35. The van der Waals surface area contributed by atoms with Crippen LogP contribution in [0.4, 0.5) is 0 Å². The molecule has 8 nitrogen and oxygen atoms in total. The van der Waals surface area contributed by atoms with E-state index in [1.54, 1.807) is 21.3 Å². The van der Waals surface area contributed by atoms with Crippen molar-refractivity contribution < 1.29 is 22.6 Å². The first-order valence-corrected chi connectivity index (χ1v) is 11.6. The normalized spacial score (nSPS) is 18.1. The van der Waals surface area contributed by atoms with Gasteiger partial charge in [0.25, 0.3) is 0 Å². The molecule has 1 aliphatic heterocycles. The molecule has 154 valence electrons. The first kappa shape index (κ1) is 20.8. The van der Waals surface area contributed by atoms with E-state index in [0.29, 0.717) is 36.0 Å². The molecule has 1 unspecified atom stereocenters. The molecule has 1 atom stereocenters. The van der Waals surface area contributed by atoms with Gasteiger partial charge in [-0.25, -0.2) is 8.42 Å². The van der Waals surface area contributed by atoms with Crippen LogP contribution in [-0.2, 0) is 16.4 Å². The lowest BCUT2D eigenvalue weighted by Gasteiger charge is -2.32. The smallest absolute Gasteiger partial charge is 0.203 e. The highest BCUT2D eigenvalue weighted by atomic mass is 32.2. The van der Waals surface area contributed by atoms with Crippen LogP contribution in [0, 0.1) is 0 Å². The summed E-state index contributed by atoms with van der Waals surface area (Å²) in [5.41, 5.74) is 1.58.